The van der Waals surface area contributed by atoms with Crippen molar-refractivity contribution in [2.45, 2.75) is 12.2 Å². The molecular weight excluding hydrogens is 282 g/mol. The highest BCUT2D eigenvalue weighted by Crippen LogP contribution is 2.15. The monoisotopic (exact) mass is 297 g/mol. The van der Waals surface area contributed by atoms with Crippen LogP contribution >= 0.6 is 0 Å². The number of carbonyl (C=O) groups excluding carboxylic acids is 1. The zero-order chi connectivity index (χ0) is 14.8. The number of hydrogen-bond donors (Lipinski definition) is 2. The molecule has 1 aromatic heterocycles. The molecule has 0 saturated heterocycles. The molecule has 0 radical (unpaired) electrons. The summed E-state index contributed by atoms with van der Waals surface area (Å²) in [5, 5.41) is 6.42. The van der Waals surface area contributed by atoms with Crippen LogP contribution in [0.1, 0.15) is 17.3 Å². The number of fused-ring (bicyclic) bond motifs is 1. The first kappa shape index (κ1) is 14.5. The third kappa shape index (κ3) is 2.81. The highest BCUT2D eigenvalue weighted by Gasteiger charge is 2.24. The summed E-state index contributed by atoms with van der Waals surface area (Å²) < 4.78 is 30.7. The lowest BCUT2D eigenvalue weighted by atomic mass is 10.1. The van der Waals surface area contributed by atoms with Gasteiger partial charge in [0.2, 0.25) is 10.0 Å². The highest BCUT2D eigenvalue weighted by molar-refractivity contribution is 7.90. The molecule has 1 heterocycles. The fraction of sp³-hybridized carbons (Fsp3) is 0.333. The molecule has 108 valence electrons. The van der Waals surface area contributed by atoms with E-state index in [0.29, 0.717) is 5.52 Å². The van der Waals surface area contributed by atoms with E-state index < -0.39 is 21.2 Å². The summed E-state index contributed by atoms with van der Waals surface area (Å²) in [6, 6.07) is 4.97. The Morgan fingerprint density at radius 1 is 1.50 bits per heavy atom. The van der Waals surface area contributed by atoms with Gasteiger partial charge >= 0.3 is 0 Å². The SMILES string of the molecule is COC[C@@H](C)S(=O)(=O)NC(=O)c1cccc2cn[nH]c12. The molecular formula is C12H15N3O4S. The number of amides is 1. The van der Waals surface area contributed by atoms with E-state index >= 15 is 0 Å². The topological polar surface area (TPSA) is 101 Å². The molecule has 2 aromatic rings. The second-order valence-electron chi connectivity index (χ2n) is 4.38. The molecule has 0 aliphatic carbocycles. The summed E-state index contributed by atoms with van der Waals surface area (Å²) in [6.07, 6.45) is 1.56. The van der Waals surface area contributed by atoms with Crippen LogP contribution in [0.4, 0.5) is 0 Å². The summed E-state index contributed by atoms with van der Waals surface area (Å²) >= 11 is 0. The van der Waals surface area contributed by atoms with Crippen molar-refractivity contribution in [3.05, 3.63) is 30.0 Å². The van der Waals surface area contributed by atoms with Gasteiger partial charge in [0.15, 0.2) is 0 Å². The summed E-state index contributed by atoms with van der Waals surface area (Å²) in [5.41, 5.74) is 0.729. The minimum absolute atomic E-state index is 0.0108. The van der Waals surface area contributed by atoms with E-state index in [9.17, 15) is 13.2 Å². The maximum Gasteiger partial charge on any atom is 0.266 e. The first-order valence-corrected chi connectivity index (χ1v) is 7.47. The van der Waals surface area contributed by atoms with Crippen LogP contribution in [0.3, 0.4) is 0 Å². The number of nitrogens with one attached hydrogen (secondary N) is 2. The van der Waals surface area contributed by atoms with Gasteiger partial charge in [0.25, 0.3) is 5.91 Å². The molecule has 1 amide bonds. The highest BCUT2D eigenvalue weighted by atomic mass is 32.2. The lowest BCUT2D eigenvalue weighted by Gasteiger charge is -2.13. The molecule has 0 bridgehead atoms. The molecule has 8 heteroatoms. The molecule has 20 heavy (non-hydrogen) atoms. The van der Waals surface area contributed by atoms with Crippen LogP contribution in [0, 0.1) is 0 Å². The van der Waals surface area contributed by atoms with Crippen molar-refractivity contribution in [2.75, 3.05) is 13.7 Å². The molecule has 0 aliphatic heterocycles. The minimum Gasteiger partial charge on any atom is -0.383 e. The van der Waals surface area contributed by atoms with Crippen LogP contribution in [0.15, 0.2) is 24.4 Å². The summed E-state index contributed by atoms with van der Waals surface area (Å²) in [4.78, 5) is 12.1. The number of carbonyl (C=O) groups is 1. The summed E-state index contributed by atoms with van der Waals surface area (Å²) in [7, 11) is -2.38. The van der Waals surface area contributed by atoms with Crippen molar-refractivity contribution in [2.24, 2.45) is 0 Å². The predicted molar refractivity (Wildman–Crippen MR) is 73.8 cm³/mol. The lowest BCUT2D eigenvalue weighted by Crippen LogP contribution is -2.39. The van der Waals surface area contributed by atoms with Crippen molar-refractivity contribution in [1.29, 1.82) is 0 Å². The zero-order valence-corrected chi connectivity index (χ0v) is 11.9. The van der Waals surface area contributed by atoms with Gasteiger partial charge in [-0.1, -0.05) is 12.1 Å². The van der Waals surface area contributed by atoms with Gasteiger partial charge in [0, 0.05) is 12.5 Å². The van der Waals surface area contributed by atoms with Crippen LogP contribution < -0.4 is 4.72 Å². The molecule has 2 N–H and O–H groups in total. The van der Waals surface area contributed by atoms with E-state index in [1.807, 2.05) is 4.72 Å². The third-order valence-corrected chi connectivity index (χ3v) is 4.55. The standard InChI is InChI=1S/C12H15N3O4S/c1-8(7-19-2)20(17,18)15-12(16)10-5-3-4-9-6-13-14-11(9)10/h3-6,8H,7H2,1-2H3,(H,13,14)(H,15,16)/t8-/m1/s1. The molecule has 1 aromatic carbocycles. The number of methoxy groups -OCH3 is 1. The number of hydrogen-bond acceptors (Lipinski definition) is 5. The average Bonchev–Trinajstić information content (AvgIpc) is 2.86. The first-order chi connectivity index (χ1) is 9.45. The molecule has 0 saturated carbocycles. The molecule has 0 spiro atoms. The Bertz CT molecular complexity index is 723. The summed E-state index contributed by atoms with van der Waals surface area (Å²) in [6.45, 7) is 1.48. The number of rotatable bonds is 5. The fourth-order valence-electron chi connectivity index (χ4n) is 1.77. The Kier molecular flexibility index (Phi) is 4.05. The number of para-hydroxylation sites is 1. The number of aromatic nitrogens is 2. The molecule has 7 nitrogen and oxygen atoms in total. The number of sulfonamides is 1. The summed E-state index contributed by atoms with van der Waals surface area (Å²) in [5.74, 6) is -0.692. The maximum absolute atomic E-state index is 12.1. The van der Waals surface area contributed by atoms with Gasteiger partial charge in [-0.15, -0.1) is 0 Å². The molecule has 2 rings (SSSR count). The lowest BCUT2D eigenvalue weighted by molar-refractivity contribution is 0.0982. The number of nitrogens with zero attached hydrogens (tertiary/aromatic N) is 1. The van der Waals surface area contributed by atoms with Gasteiger partial charge in [0.1, 0.15) is 5.25 Å². The van der Waals surface area contributed by atoms with Gasteiger partial charge in [-0.2, -0.15) is 5.10 Å². The largest absolute Gasteiger partial charge is 0.383 e. The average molecular weight is 297 g/mol. The first-order valence-electron chi connectivity index (χ1n) is 5.92. The Morgan fingerprint density at radius 2 is 2.25 bits per heavy atom. The Hall–Kier alpha value is -1.93. The number of H-pyrrole nitrogens is 1. The van der Waals surface area contributed by atoms with Gasteiger partial charge in [-0.25, -0.2) is 13.1 Å². The van der Waals surface area contributed by atoms with E-state index in [1.54, 1.807) is 18.3 Å². The van der Waals surface area contributed by atoms with E-state index in [2.05, 4.69) is 10.2 Å². The number of benzene rings is 1. The van der Waals surface area contributed by atoms with Crippen molar-refractivity contribution < 1.29 is 17.9 Å². The number of ether oxygens (including phenoxy) is 1. The van der Waals surface area contributed by atoms with Gasteiger partial charge in [0.05, 0.1) is 23.9 Å². The molecule has 0 unspecified atom stereocenters. The van der Waals surface area contributed by atoms with Gasteiger partial charge in [-0.3, -0.25) is 9.89 Å². The van der Waals surface area contributed by atoms with Crippen LogP contribution in [-0.2, 0) is 14.8 Å². The predicted octanol–water partition coefficient (Wildman–Crippen LogP) is 0.657. The van der Waals surface area contributed by atoms with Crippen LogP contribution in [0.25, 0.3) is 10.9 Å². The normalized spacial score (nSPS) is 13.3. The van der Waals surface area contributed by atoms with Crippen LogP contribution in [0.2, 0.25) is 0 Å². The number of aromatic amines is 1. The second kappa shape index (κ2) is 5.59. The Labute approximate surface area is 116 Å². The van der Waals surface area contributed by atoms with E-state index in [1.165, 1.54) is 20.1 Å². The van der Waals surface area contributed by atoms with E-state index in [4.69, 9.17) is 4.74 Å². The fourth-order valence-corrected chi connectivity index (χ4v) is 2.65. The minimum atomic E-state index is -3.78. The van der Waals surface area contributed by atoms with Crippen LogP contribution in [-0.4, -0.2) is 43.5 Å². The van der Waals surface area contributed by atoms with E-state index in [-0.39, 0.29) is 12.2 Å². The van der Waals surface area contributed by atoms with E-state index in [0.717, 1.165) is 5.39 Å². The quantitative estimate of drug-likeness (QED) is 0.844. The zero-order valence-electron chi connectivity index (χ0n) is 11.1. The maximum atomic E-state index is 12.1. The van der Waals surface area contributed by atoms with Crippen molar-refractivity contribution in [3.8, 4) is 0 Å². The molecule has 1 atom stereocenters. The molecule has 0 fully saturated rings. The Balaban J connectivity index is 2.27. The smallest absolute Gasteiger partial charge is 0.266 e. The van der Waals surface area contributed by atoms with Crippen LogP contribution in [0.5, 0.6) is 0 Å². The van der Waals surface area contributed by atoms with Gasteiger partial charge < -0.3 is 4.74 Å². The van der Waals surface area contributed by atoms with Crippen molar-refractivity contribution >= 4 is 26.8 Å². The van der Waals surface area contributed by atoms with Gasteiger partial charge in [-0.05, 0) is 13.0 Å². The van der Waals surface area contributed by atoms with Crippen molar-refractivity contribution in [1.82, 2.24) is 14.9 Å². The molecule has 0 aliphatic rings. The van der Waals surface area contributed by atoms with Crippen molar-refractivity contribution in [3.63, 3.8) is 0 Å². The third-order valence-electron chi connectivity index (χ3n) is 2.89. The Morgan fingerprint density at radius 3 is 2.95 bits per heavy atom. The second-order valence-corrected chi connectivity index (χ2v) is 6.48.